The molecule has 1 aromatic heterocycles. The molecular formula is C11H18N2OS. The van der Waals surface area contributed by atoms with Crippen molar-refractivity contribution in [3.8, 4) is 0 Å². The van der Waals surface area contributed by atoms with Crippen molar-refractivity contribution in [1.29, 1.82) is 0 Å². The molecule has 3 N–H and O–H groups in total. The first kappa shape index (κ1) is 12.2. The standard InChI is InChI=1S/C11H18N2OS/c1-4-9-5-6-10(15-9)7(2)13-8(3)11(12)14/h5-8,13H,4H2,1-3H3,(H2,12,14). The highest BCUT2D eigenvalue weighted by molar-refractivity contribution is 7.12. The van der Waals surface area contributed by atoms with Crippen molar-refractivity contribution in [2.45, 2.75) is 39.3 Å². The molecule has 0 saturated heterocycles. The summed E-state index contributed by atoms with van der Waals surface area (Å²) in [4.78, 5) is 13.5. The summed E-state index contributed by atoms with van der Waals surface area (Å²) in [6.45, 7) is 5.97. The molecule has 2 unspecified atom stereocenters. The molecule has 1 heterocycles. The van der Waals surface area contributed by atoms with Gasteiger partial charge in [-0.05, 0) is 32.4 Å². The van der Waals surface area contributed by atoms with Gasteiger partial charge in [-0.2, -0.15) is 0 Å². The van der Waals surface area contributed by atoms with E-state index >= 15 is 0 Å². The fourth-order valence-electron chi connectivity index (χ4n) is 1.36. The van der Waals surface area contributed by atoms with E-state index in [-0.39, 0.29) is 18.0 Å². The Bertz CT molecular complexity index is 335. The largest absolute Gasteiger partial charge is 0.368 e. The van der Waals surface area contributed by atoms with Gasteiger partial charge in [-0.25, -0.2) is 0 Å². The van der Waals surface area contributed by atoms with Crippen LogP contribution in [0.5, 0.6) is 0 Å². The summed E-state index contributed by atoms with van der Waals surface area (Å²) in [6, 6.07) is 4.13. The van der Waals surface area contributed by atoms with Gasteiger partial charge in [0.2, 0.25) is 5.91 Å². The molecule has 3 nitrogen and oxygen atoms in total. The van der Waals surface area contributed by atoms with E-state index in [1.54, 1.807) is 18.3 Å². The smallest absolute Gasteiger partial charge is 0.234 e. The second-order valence-electron chi connectivity index (χ2n) is 3.67. The topological polar surface area (TPSA) is 55.1 Å². The van der Waals surface area contributed by atoms with Crippen LogP contribution in [-0.2, 0) is 11.2 Å². The molecule has 0 bridgehead atoms. The lowest BCUT2D eigenvalue weighted by Crippen LogP contribution is -2.39. The van der Waals surface area contributed by atoms with Crippen molar-refractivity contribution in [1.82, 2.24) is 5.32 Å². The number of hydrogen-bond acceptors (Lipinski definition) is 3. The minimum Gasteiger partial charge on any atom is -0.368 e. The third-order valence-corrected chi connectivity index (χ3v) is 3.80. The first-order chi connectivity index (χ1) is 7.04. The number of nitrogens with one attached hydrogen (secondary N) is 1. The Morgan fingerprint density at radius 3 is 2.67 bits per heavy atom. The third-order valence-electron chi connectivity index (χ3n) is 2.38. The van der Waals surface area contributed by atoms with Gasteiger partial charge in [-0.3, -0.25) is 10.1 Å². The molecule has 0 radical (unpaired) electrons. The Hall–Kier alpha value is -0.870. The predicted octanol–water partition coefficient (Wildman–Crippen LogP) is 1.83. The summed E-state index contributed by atoms with van der Waals surface area (Å²) < 4.78 is 0. The van der Waals surface area contributed by atoms with Gasteiger partial charge in [0.25, 0.3) is 0 Å². The third kappa shape index (κ3) is 3.32. The number of nitrogens with two attached hydrogens (primary N) is 1. The number of primary amides is 1. The Morgan fingerprint density at radius 2 is 2.20 bits per heavy atom. The van der Waals surface area contributed by atoms with Crippen molar-refractivity contribution >= 4 is 17.2 Å². The van der Waals surface area contributed by atoms with Crippen LogP contribution in [0.2, 0.25) is 0 Å². The summed E-state index contributed by atoms with van der Waals surface area (Å²) in [7, 11) is 0. The van der Waals surface area contributed by atoms with Crippen molar-refractivity contribution in [3.05, 3.63) is 21.9 Å². The normalized spacial score (nSPS) is 14.9. The highest BCUT2D eigenvalue weighted by atomic mass is 32.1. The Morgan fingerprint density at radius 1 is 1.53 bits per heavy atom. The molecule has 0 aromatic carbocycles. The average Bonchev–Trinajstić information content (AvgIpc) is 2.65. The molecule has 15 heavy (non-hydrogen) atoms. The number of carbonyl (C=O) groups is 1. The molecule has 0 saturated carbocycles. The van der Waals surface area contributed by atoms with Crippen molar-refractivity contribution < 1.29 is 4.79 Å². The molecular weight excluding hydrogens is 208 g/mol. The van der Waals surface area contributed by atoms with Crippen LogP contribution in [0.1, 0.15) is 36.6 Å². The van der Waals surface area contributed by atoms with Gasteiger partial charge < -0.3 is 5.73 Å². The maximum Gasteiger partial charge on any atom is 0.234 e. The predicted molar refractivity (Wildman–Crippen MR) is 63.9 cm³/mol. The molecule has 0 fully saturated rings. The Balaban J connectivity index is 2.60. The van der Waals surface area contributed by atoms with Crippen molar-refractivity contribution in [2.75, 3.05) is 0 Å². The zero-order valence-corrected chi connectivity index (χ0v) is 10.2. The summed E-state index contributed by atoms with van der Waals surface area (Å²) in [5.74, 6) is -0.311. The zero-order valence-electron chi connectivity index (χ0n) is 9.41. The van der Waals surface area contributed by atoms with Gasteiger partial charge in [0, 0.05) is 15.8 Å². The van der Waals surface area contributed by atoms with Crippen molar-refractivity contribution in [2.24, 2.45) is 5.73 Å². The summed E-state index contributed by atoms with van der Waals surface area (Å²) >= 11 is 1.78. The molecule has 0 aliphatic heterocycles. The second kappa shape index (κ2) is 5.28. The fourth-order valence-corrected chi connectivity index (χ4v) is 2.32. The van der Waals surface area contributed by atoms with Crippen LogP contribution in [0, 0.1) is 0 Å². The maximum absolute atomic E-state index is 10.9. The zero-order chi connectivity index (χ0) is 11.4. The average molecular weight is 226 g/mol. The SMILES string of the molecule is CCc1ccc(C(C)NC(C)C(N)=O)s1. The molecule has 0 aliphatic rings. The molecule has 1 amide bonds. The summed E-state index contributed by atoms with van der Waals surface area (Å²) in [5, 5.41) is 3.17. The quantitative estimate of drug-likeness (QED) is 0.805. The molecule has 1 rings (SSSR count). The first-order valence-electron chi connectivity index (χ1n) is 5.18. The molecule has 1 aromatic rings. The number of amides is 1. The number of aryl methyl sites for hydroxylation is 1. The molecule has 2 atom stereocenters. The van der Waals surface area contributed by atoms with Crippen LogP contribution in [-0.4, -0.2) is 11.9 Å². The lowest BCUT2D eigenvalue weighted by Gasteiger charge is -2.16. The van der Waals surface area contributed by atoms with Crippen LogP contribution in [0.15, 0.2) is 12.1 Å². The summed E-state index contributed by atoms with van der Waals surface area (Å²) in [6.07, 6.45) is 1.06. The molecule has 84 valence electrons. The van der Waals surface area contributed by atoms with Gasteiger partial charge in [0.15, 0.2) is 0 Å². The molecule has 0 aliphatic carbocycles. The van der Waals surface area contributed by atoms with E-state index in [0.717, 1.165) is 6.42 Å². The van der Waals surface area contributed by atoms with E-state index < -0.39 is 0 Å². The van der Waals surface area contributed by atoms with Gasteiger partial charge in [-0.15, -0.1) is 11.3 Å². The first-order valence-corrected chi connectivity index (χ1v) is 6.00. The van der Waals surface area contributed by atoms with E-state index in [2.05, 4.69) is 24.4 Å². The van der Waals surface area contributed by atoms with Crippen LogP contribution in [0.4, 0.5) is 0 Å². The van der Waals surface area contributed by atoms with E-state index in [0.29, 0.717) is 0 Å². The van der Waals surface area contributed by atoms with Crippen LogP contribution in [0.3, 0.4) is 0 Å². The van der Waals surface area contributed by atoms with E-state index in [4.69, 9.17) is 5.73 Å². The lowest BCUT2D eigenvalue weighted by molar-refractivity contribution is -0.119. The van der Waals surface area contributed by atoms with Crippen LogP contribution >= 0.6 is 11.3 Å². The second-order valence-corrected chi connectivity index (χ2v) is 4.87. The lowest BCUT2D eigenvalue weighted by atomic mass is 10.2. The molecule has 4 heteroatoms. The number of hydrogen-bond donors (Lipinski definition) is 2. The van der Waals surface area contributed by atoms with Gasteiger partial charge in [-0.1, -0.05) is 6.92 Å². The van der Waals surface area contributed by atoms with E-state index in [1.165, 1.54) is 9.75 Å². The van der Waals surface area contributed by atoms with Gasteiger partial charge >= 0.3 is 0 Å². The minimum atomic E-state index is -0.311. The Kier molecular flexibility index (Phi) is 4.29. The van der Waals surface area contributed by atoms with E-state index in [1.807, 2.05) is 6.92 Å². The molecule has 0 spiro atoms. The maximum atomic E-state index is 10.9. The van der Waals surface area contributed by atoms with Crippen LogP contribution < -0.4 is 11.1 Å². The highest BCUT2D eigenvalue weighted by Crippen LogP contribution is 2.23. The van der Waals surface area contributed by atoms with E-state index in [9.17, 15) is 4.79 Å². The highest BCUT2D eigenvalue weighted by Gasteiger charge is 2.14. The van der Waals surface area contributed by atoms with Crippen molar-refractivity contribution in [3.63, 3.8) is 0 Å². The fraction of sp³-hybridized carbons (Fsp3) is 0.545. The Labute approximate surface area is 94.7 Å². The van der Waals surface area contributed by atoms with Gasteiger partial charge in [0.1, 0.15) is 0 Å². The van der Waals surface area contributed by atoms with Gasteiger partial charge in [0.05, 0.1) is 6.04 Å². The monoisotopic (exact) mass is 226 g/mol. The number of rotatable bonds is 5. The van der Waals surface area contributed by atoms with Crippen LogP contribution in [0.25, 0.3) is 0 Å². The minimum absolute atomic E-state index is 0.179. The number of thiophene rings is 1. The summed E-state index contributed by atoms with van der Waals surface area (Å²) in [5.41, 5.74) is 5.20. The number of carbonyl (C=O) groups excluding carboxylic acids is 1.